The molecule has 0 heterocycles. The second-order valence-electron chi connectivity index (χ2n) is 6.45. The number of carbonyl (C=O) groups is 1. The number of carbonyl (C=O) groups excluding carboxylic acids is 1. The number of sulfonamides is 1. The van der Waals surface area contributed by atoms with E-state index in [2.05, 4.69) is 4.72 Å². The SMILES string of the molecule is COc1cccc(-c2cc(C)c(F)c(C(=O)CNS(=O)(=O)c3ccccc3)c2)c1. The Hall–Kier alpha value is -3.03. The average Bonchev–Trinajstić information content (AvgIpc) is 2.74. The van der Waals surface area contributed by atoms with Crippen molar-refractivity contribution in [3.05, 3.63) is 83.7 Å². The van der Waals surface area contributed by atoms with Gasteiger partial charge in [0.05, 0.1) is 24.1 Å². The molecule has 3 aromatic rings. The summed E-state index contributed by atoms with van der Waals surface area (Å²) < 4.78 is 46.7. The first-order chi connectivity index (χ1) is 13.8. The van der Waals surface area contributed by atoms with Gasteiger partial charge in [-0.3, -0.25) is 4.79 Å². The smallest absolute Gasteiger partial charge is 0.240 e. The van der Waals surface area contributed by atoms with Crippen molar-refractivity contribution in [2.24, 2.45) is 0 Å². The molecular formula is C22H20FNO4S. The molecule has 0 amide bonds. The highest BCUT2D eigenvalue weighted by Crippen LogP contribution is 2.27. The summed E-state index contributed by atoms with van der Waals surface area (Å²) in [7, 11) is -2.32. The molecule has 0 aliphatic heterocycles. The molecular weight excluding hydrogens is 393 g/mol. The Morgan fingerprint density at radius 1 is 1.00 bits per heavy atom. The molecule has 0 unspecified atom stereocenters. The summed E-state index contributed by atoms with van der Waals surface area (Å²) in [6, 6.07) is 17.9. The van der Waals surface area contributed by atoms with Crippen molar-refractivity contribution in [2.45, 2.75) is 11.8 Å². The van der Waals surface area contributed by atoms with E-state index in [0.29, 0.717) is 16.9 Å². The standard InChI is InChI=1S/C22H20FNO4S/c1-15-11-17(16-7-6-8-18(12-16)28-2)13-20(22(15)23)21(25)14-24-29(26,27)19-9-4-3-5-10-19/h3-13,24H,14H2,1-2H3. The van der Waals surface area contributed by atoms with Gasteiger partial charge >= 0.3 is 0 Å². The van der Waals surface area contributed by atoms with Gasteiger partial charge in [-0.15, -0.1) is 0 Å². The van der Waals surface area contributed by atoms with Crippen LogP contribution in [0.1, 0.15) is 15.9 Å². The van der Waals surface area contributed by atoms with Crippen LogP contribution in [0.15, 0.2) is 71.6 Å². The summed E-state index contributed by atoms with van der Waals surface area (Å²) in [5, 5.41) is 0. The fourth-order valence-electron chi connectivity index (χ4n) is 2.88. The van der Waals surface area contributed by atoms with Crippen LogP contribution in [0.4, 0.5) is 4.39 Å². The number of benzene rings is 3. The topological polar surface area (TPSA) is 72.5 Å². The van der Waals surface area contributed by atoms with Crippen molar-refractivity contribution in [2.75, 3.05) is 13.7 Å². The van der Waals surface area contributed by atoms with E-state index in [1.165, 1.54) is 18.2 Å². The zero-order chi connectivity index (χ0) is 21.0. The molecule has 29 heavy (non-hydrogen) atoms. The van der Waals surface area contributed by atoms with Crippen LogP contribution in [0.25, 0.3) is 11.1 Å². The highest BCUT2D eigenvalue weighted by molar-refractivity contribution is 7.89. The van der Waals surface area contributed by atoms with Crippen molar-refractivity contribution >= 4 is 15.8 Å². The van der Waals surface area contributed by atoms with Crippen molar-refractivity contribution in [3.63, 3.8) is 0 Å². The van der Waals surface area contributed by atoms with E-state index in [4.69, 9.17) is 4.74 Å². The number of nitrogens with one attached hydrogen (secondary N) is 1. The van der Waals surface area contributed by atoms with Crippen LogP contribution in [0, 0.1) is 12.7 Å². The third-order valence-electron chi connectivity index (χ3n) is 4.43. The Kier molecular flexibility index (Phi) is 6.10. The average molecular weight is 413 g/mol. The number of ether oxygens (including phenoxy) is 1. The fourth-order valence-corrected chi connectivity index (χ4v) is 3.88. The Bertz CT molecular complexity index is 1140. The lowest BCUT2D eigenvalue weighted by Crippen LogP contribution is -2.30. The van der Waals surface area contributed by atoms with Gasteiger partial charge in [-0.05, 0) is 60.0 Å². The summed E-state index contributed by atoms with van der Waals surface area (Å²) >= 11 is 0. The summed E-state index contributed by atoms with van der Waals surface area (Å²) in [6.45, 7) is 1.01. The molecule has 0 aromatic heterocycles. The summed E-state index contributed by atoms with van der Waals surface area (Å²) in [4.78, 5) is 12.6. The van der Waals surface area contributed by atoms with Crippen molar-refractivity contribution in [1.29, 1.82) is 0 Å². The number of rotatable bonds is 7. The van der Waals surface area contributed by atoms with Crippen LogP contribution in [0.2, 0.25) is 0 Å². The maximum Gasteiger partial charge on any atom is 0.240 e. The first kappa shape index (κ1) is 20.7. The van der Waals surface area contributed by atoms with Crippen LogP contribution in [0.3, 0.4) is 0 Å². The van der Waals surface area contributed by atoms with Gasteiger partial charge in [0, 0.05) is 0 Å². The molecule has 0 saturated carbocycles. The number of Topliss-reactive ketones (excluding diaryl/α,β-unsaturated/α-hetero) is 1. The van der Waals surface area contributed by atoms with Gasteiger partial charge in [-0.1, -0.05) is 30.3 Å². The zero-order valence-electron chi connectivity index (χ0n) is 16.0. The Morgan fingerprint density at radius 3 is 2.41 bits per heavy atom. The lowest BCUT2D eigenvalue weighted by molar-refractivity contribution is 0.0993. The number of hydrogen-bond donors (Lipinski definition) is 1. The van der Waals surface area contributed by atoms with Crippen molar-refractivity contribution in [1.82, 2.24) is 4.72 Å². The predicted molar refractivity (Wildman–Crippen MR) is 109 cm³/mol. The minimum atomic E-state index is -3.87. The minimum absolute atomic E-state index is 0.0367. The molecule has 0 aliphatic rings. The molecule has 1 N–H and O–H groups in total. The second kappa shape index (κ2) is 8.55. The first-order valence-electron chi connectivity index (χ1n) is 8.84. The Morgan fingerprint density at radius 2 is 1.72 bits per heavy atom. The van der Waals surface area contributed by atoms with Gasteiger partial charge in [-0.25, -0.2) is 17.5 Å². The fraction of sp³-hybridized carbons (Fsp3) is 0.136. The molecule has 0 atom stereocenters. The Labute approximate surface area is 169 Å². The van der Waals surface area contributed by atoms with E-state index in [9.17, 15) is 17.6 Å². The highest BCUT2D eigenvalue weighted by atomic mass is 32.2. The number of methoxy groups -OCH3 is 1. The van der Waals surface area contributed by atoms with E-state index in [0.717, 1.165) is 5.56 Å². The number of halogens is 1. The van der Waals surface area contributed by atoms with Crippen LogP contribution in [-0.4, -0.2) is 27.9 Å². The minimum Gasteiger partial charge on any atom is -0.497 e. The molecule has 5 nitrogen and oxygen atoms in total. The number of aryl methyl sites for hydroxylation is 1. The van der Waals surface area contributed by atoms with Crippen LogP contribution < -0.4 is 9.46 Å². The van der Waals surface area contributed by atoms with Gasteiger partial charge < -0.3 is 4.74 Å². The lowest BCUT2D eigenvalue weighted by atomic mass is 9.97. The molecule has 0 fully saturated rings. The molecule has 7 heteroatoms. The van der Waals surface area contributed by atoms with E-state index in [1.807, 2.05) is 6.07 Å². The normalized spacial score (nSPS) is 11.3. The van der Waals surface area contributed by atoms with Crippen LogP contribution in [-0.2, 0) is 10.0 Å². The van der Waals surface area contributed by atoms with Crippen molar-refractivity contribution < 1.29 is 22.3 Å². The maximum absolute atomic E-state index is 14.6. The molecule has 0 spiro atoms. The maximum atomic E-state index is 14.6. The van der Waals surface area contributed by atoms with E-state index in [1.54, 1.807) is 56.5 Å². The summed E-state index contributed by atoms with van der Waals surface area (Å²) in [5.41, 5.74) is 1.52. The quantitative estimate of drug-likeness (QED) is 0.595. The molecule has 0 aliphatic carbocycles. The van der Waals surface area contributed by atoms with Crippen LogP contribution in [0.5, 0.6) is 5.75 Å². The highest BCUT2D eigenvalue weighted by Gasteiger charge is 2.20. The summed E-state index contributed by atoms with van der Waals surface area (Å²) in [5.74, 6) is -0.691. The lowest BCUT2D eigenvalue weighted by Gasteiger charge is -2.11. The van der Waals surface area contributed by atoms with Gasteiger partial charge in [-0.2, -0.15) is 0 Å². The first-order valence-corrected chi connectivity index (χ1v) is 10.3. The van der Waals surface area contributed by atoms with E-state index >= 15 is 0 Å². The zero-order valence-corrected chi connectivity index (χ0v) is 16.8. The van der Waals surface area contributed by atoms with Gasteiger partial charge in [0.1, 0.15) is 11.6 Å². The number of hydrogen-bond acceptors (Lipinski definition) is 4. The van der Waals surface area contributed by atoms with Gasteiger partial charge in [0.25, 0.3) is 0 Å². The monoisotopic (exact) mass is 413 g/mol. The van der Waals surface area contributed by atoms with E-state index < -0.39 is 28.2 Å². The van der Waals surface area contributed by atoms with Crippen LogP contribution >= 0.6 is 0 Å². The number of ketones is 1. The summed E-state index contributed by atoms with van der Waals surface area (Å²) in [6.07, 6.45) is 0. The predicted octanol–water partition coefficient (Wildman–Crippen LogP) is 3.97. The Balaban J connectivity index is 1.88. The molecule has 0 bridgehead atoms. The van der Waals surface area contributed by atoms with Gasteiger partial charge in [0.2, 0.25) is 10.0 Å². The molecule has 3 aromatic carbocycles. The molecule has 0 saturated heterocycles. The van der Waals surface area contributed by atoms with Crippen molar-refractivity contribution in [3.8, 4) is 16.9 Å². The largest absolute Gasteiger partial charge is 0.497 e. The third-order valence-corrected chi connectivity index (χ3v) is 5.85. The molecule has 0 radical (unpaired) electrons. The third kappa shape index (κ3) is 4.70. The second-order valence-corrected chi connectivity index (χ2v) is 8.21. The molecule has 3 rings (SSSR count). The van der Waals surface area contributed by atoms with Gasteiger partial charge in [0.15, 0.2) is 5.78 Å². The van der Waals surface area contributed by atoms with E-state index in [-0.39, 0.29) is 10.5 Å². The molecule has 150 valence electrons.